The van der Waals surface area contributed by atoms with Gasteiger partial charge in [0.25, 0.3) is 0 Å². The van der Waals surface area contributed by atoms with Crippen molar-refractivity contribution in [1.82, 2.24) is 0 Å². The van der Waals surface area contributed by atoms with Crippen molar-refractivity contribution in [3.8, 4) is 5.75 Å². The van der Waals surface area contributed by atoms with Crippen LogP contribution in [0.1, 0.15) is 5.56 Å². The number of halogens is 1. The molecule has 6 nitrogen and oxygen atoms in total. The molecular weight excluding hydrogens is 254 g/mol. The van der Waals surface area contributed by atoms with Crippen molar-refractivity contribution >= 4 is 22.6 Å². The van der Waals surface area contributed by atoms with Crippen molar-refractivity contribution in [2.75, 3.05) is 0 Å². The number of amidine groups is 1. The van der Waals surface area contributed by atoms with Crippen LogP contribution < -0.4 is 18.1 Å². The SMILES string of the molecule is N=C(N)SCc1ccc(O)c([N+](=O)[O-])c1.[Cl-]. The molecule has 0 saturated heterocycles. The van der Waals surface area contributed by atoms with E-state index in [-0.39, 0.29) is 29.0 Å². The van der Waals surface area contributed by atoms with Gasteiger partial charge >= 0.3 is 5.69 Å². The van der Waals surface area contributed by atoms with Crippen molar-refractivity contribution in [3.63, 3.8) is 0 Å². The Bertz CT molecular complexity index is 414. The first-order chi connectivity index (χ1) is 7.00. The fourth-order valence-electron chi connectivity index (χ4n) is 0.966. The molecule has 1 rings (SSSR count). The maximum absolute atomic E-state index is 10.5. The van der Waals surface area contributed by atoms with Gasteiger partial charge in [0.05, 0.1) is 4.92 Å². The third-order valence-corrected chi connectivity index (χ3v) is 2.42. The van der Waals surface area contributed by atoms with Gasteiger partial charge in [-0.3, -0.25) is 15.5 Å². The second kappa shape index (κ2) is 6.19. The number of aromatic hydroxyl groups is 1. The minimum Gasteiger partial charge on any atom is -1.00 e. The molecule has 0 aliphatic rings. The largest absolute Gasteiger partial charge is 1.00 e. The van der Waals surface area contributed by atoms with E-state index in [9.17, 15) is 10.1 Å². The quantitative estimate of drug-likeness (QED) is 0.264. The zero-order chi connectivity index (χ0) is 11.4. The van der Waals surface area contributed by atoms with Gasteiger partial charge in [0.2, 0.25) is 0 Å². The molecule has 0 atom stereocenters. The highest BCUT2D eigenvalue weighted by molar-refractivity contribution is 8.13. The summed E-state index contributed by atoms with van der Waals surface area (Å²) in [7, 11) is 0. The van der Waals surface area contributed by atoms with Gasteiger partial charge in [-0.2, -0.15) is 0 Å². The molecule has 0 heterocycles. The maximum Gasteiger partial charge on any atom is 0.310 e. The highest BCUT2D eigenvalue weighted by atomic mass is 35.5. The Labute approximate surface area is 102 Å². The molecule has 0 bridgehead atoms. The zero-order valence-electron chi connectivity index (χ0n) is 8.01. The highest BCUT2D eigenvalue weighted by Crippen LogP contribution is 2.27. The second-order valence-corrected chi connectivity index (χ2v) is 3.75. The molecule has 0 saturated carbocycles. The topological polar surface area (TPSA) is 113 Å². The van der Waals surface area contributed by atoms with E-state index in [0.717, 1.165) is 11.8 Å². The molecule has 16 heavy (non-hydrogen) atoms. The molecule has 0 spiro atoms. The molecule has 0 radical (unpaired) electrons. The summed E-state index contributed by atoms with van der Waals surface area (Å²) in [6, 6.07) is 4.08. The first kappa shape index (κ1) is 14.5. The Morgan fingerprint density at radius 1 is 1.62 bits per heavy atom. The van der Waals surface area contributed by atoms with Gasteiger partial charge in [0, 0.05) is 11.8 Å². The molecule has 0 unspecified atom stereocenters. The molecule has 0 aromatic heterocycles. The van der Waals surface area contributed by atoms with Gasteiger partial charge < -0.3 is 23.2 Å². The number of nitro benzene ring substituents is 1. The van der Waals surface area contributed by atoms with Crippen molar-refractivity contribution in [3.05, 3.63) is 33.9 Å². The minimum absolute atomic E-state index is 0. The van der Waals surface area contributed by atoms with Crippen LogP contribution in [0.15, 0.2) is 18.2 Å². The van der Waals surface area contributed by atoms with Crippen molar-refractivity contribution < 1.29 is 22.4 Å². The Morgan fingerprint density at radius 2 is 2.25 bits per heavy atom. The average molecular weight is 263 g/mol. The summed E-state index contributed by atoms with van der Waals surface area (Å²) in [6.07, 6.45) is 0. The van der Waals surface area contributed by atoms with E-state index in [1.807, 2.05) is 0 Å². The number of rotatable bonds is 3. The van der Waals surface area contributed by atoms with Crippen LogP contribution in [0.2, 0.25) is 0 Å². The lowest BCUT2D eigenvalue weighted by Crippen LogP contribution is -3.00. The van der Waals surface area contributed by atoms with Gasteiger partial charge in [-0.1, -0.05) is 17.8 Å². The lowest BCUT2D eigenvalue weighted by molar-refractivity contribution is -0.385. The molecule has 1 aromatic carbocycles. The Balaban J connectivity index is 0.00000225. The molecule has 0 aliphatic heterocycles. The van der Waals surface area contributed by atoms with E-state index >= 15 is 0 Å². The zero-order valence-corrected chi connectivity index (χ0v) is 9.59. The van der Waals surface area contributed by atoms with Crippen LogP contribution >= 0.6 is 11.8 Å². The number of nitrogens with one attached hydrogen (secondary N) is 1. The molecule has 4 N–H and O–H groups in total. The lowest BCUT2D eigenvalue weighted by Gasteiger charge is -2.01. The molecule has 88 valence electrons. The summed E-state index contributed by atoms with van der Waals surface area (Å²) in [4.78, 5) is 9.83. The number of hydrogen-bond acceptors (Lipinski definition) is 5. The lowest BCUT2D eigenvalue weighted by atomic mass is 10.2. The summed E-state index contributed by atoms with van der Waals surface area (Å²) in [6.45, 7) is 0. The second-order valence-electron chi connectivity index (χ2n) is 2.73. The summed E-state index contributed by atoms with van der Waals surface area (Å²) in [5.74, 6) is 0.00720. The van der Waals surface area contributed by atoms with Gasteiger partial charge in [-0.15, -0.1) is 0 Å². The van der Waals surface area contributed by atoms with Crippen LogP contribution in [0.25, 0.3) is 0 Å². The Hall–Kier alpha value is -1.47. The molecule has 0 amide bonds. The molecule has 1 aromatic rings. The number of thioether (sulfide) groups is 1. The van der Waals surface area contributed by atoms with Crippen LogP contribution in [0.3, 0.4) is 0 Å². The summed E-state index contributed by atoms with van der Waals surface area (Å²) < 4.78 is 0. The van der Waals surface area contributed by atoms with Crippen molar-refractivity contribution in [2.45, 2.75) is 5.75 Å². The standard InChI is InChI=1S/C8H9N3O3S.ClH/c9-8(10)15-4-5-1-2-7(12)6(3-5)11(13)14;/h1-3,12H,4H2,(H3,9,10);1H/p-1. The number of nitrogens with zero attached hydrogens (tertiary/aromatic N) is 1. The van der Waals surface area contributed by atoms with Crippen molar-refractivity contribution in [2.24, 2.45) is 5.73 Å². The van der Waals surface area contributed by atoms with E-state index in [1.165, 1.54) is 12.1 Å². The normalized spacial score (nSPS) is 9.25. The molecular formula is C8H9ClN3O3S-. The van der Waals surface area contributed by atoms with Gasteiger partial charge in [0.15, 0.2) is 10.9 Å². The van der Waals surface area contributed by atoms with E-state index in [0.29, 0.717) is 11.3 Å². The fourth-order valence-corrected chi connectivity index (χ4v) is 1.47. The summed E-state index contributed by atoms with van der Waals surface area (Å²) >= 11 is 1.07. The number of nitro groups is 1. The van der Waals surface area contributed by atoms with E-state index in [4.69, 9.17) is 16.2 Å². The molecule has 8 heteroatoms. The van der Waals surface area contributed by atoms with Crippen molar-refractivity contribution in [1.29, 1.82) is 5.41 Å². The van der Waals surface area contributed by atoms with Gasteiger partial charge in [0.1, 0.15) is 0 Å². The first-order valence-corrected chi connectivity index (χ1v) is 4.92. The van der Waals surface area contributed by atoms with Crippen LogP contribution in [0, 0.1) is 15.5 Å². The monoisotopic (exact) mass is 262 g/mol. The number of benzene rings is 1. The van der Waals surface area contributed by atoms with Gasteiger partial charge in [-0.05, 0) is 11.6 Å². The van der Waals surface area contributed by atoms with E-state index < -0.39 is 4.92 Å². The number of phenolic OH excluding ortho intramolecular Hbond substituents is 1. The first-order valence-electron chi connectivity index (χ1n) is 3.94. The number of nitrogens with two attached hydrogens (primary N) is 1. The molecule has 0 fully saturated rings. The maximum atomic E-state index is 10.5. The smallest absolute Gasteiger partial charge is 0.310 e. The van der Waals surface area contributed by atoms with Gasteiger partial charge in [-0.25, -0.2) is 0 Å². The van der Waals surface area contributed by atoms with Crippen LogP contribution in [0.4, 0.5) is 5.69 Å². The average Bonchev–Trinajstić information content (AvgIpc) is 2.16. The third-order valence-electron chi connectivity index (χ3n) is 1.63. The minimum atomic E-state index is -0.655. The fraction of sp³-hybridized carbons (Fsp3) is 0.125. The predicted octanol–water partition coefficient (Wildman–Crippen LogP) is -1.57. The van der Waals surface area contributed by atoms with E-state index in [2.05, 4.69) is 0 Å². The molecule has 0 aliphatic carbocycles. The highest BCUT2D eigenvalue weighted by Gasteiger charge is 2.13. The van der Waals surface area contributed by atoms with Crippen LogP contribution in [0.5, 0.6) is 5.75 Å². The third kappa shape index (κ3) is 3.95. The summed E-state index contributed by atoms with van der Waals surface area (Å²) in [5, 5.41) is 26.6. The van der Waals surface area contributed by atoms with Crippen LogP contribution in [-0.2, 0) is 5.75 Å². The number of hydrogen-bond donors (Lipinski definition) is 3. The van der Waals surface area contributed by atoms with E-state index in [1.54, 1.807) is 6.07 Å². The summed E-state index contributed by atoms with van der Waals surface area (Å²) in [5.41, 5.74) is 5.43. The van der Waals surface area contributed by atoms with Crippen LogP contribution in [-0.4, -0.2) is 15.2 Å². The predicted molar refractivity (Wildman–Crippen MR) is 58.0 cm³/mol. The number of phenols is 1. The Morgan fingerprint density at radius 3 is 2.75 bits per heavy atom. The Kier molecular flexibility index (Phi) is 5.62.